The number of benzene rings is 3. The van der Waals surface area contributed by atoms with Gasteiger partial charge in [-0.3, -0.25) is 9.59 Å². The molecule has 0 radical (unpaired) electrons. The van der Waals surface area contributed by atoms with Gasteiger partial charge in [0.05, 0.1) is 7.11 Å². The molecule has 0 spiro atoms. The molecule has 0 unspecified atom stereocenters. The number of carbonyl (C=O) groups is 2. The van der Waals surface area contributed by atoms with Crippen LogP contribution in [0.15, 0.2) is 78.9 Å². The summed E-state index contributed by atoms with van der Waals surface area (Å²) < 4.78 is 5.41. The number of amides is 2. The van der Waals surface area contributed by atoms with Gasteiger partial charge < -0.3 is 15.0 Å². The van der Waals surface area contributed by atoms with E-state index in [2.05, 4.69) is 57.3 Å². The van der Waals surface area contributed by atoms with Crippen molar-refractivity contribution in [3.05, 3.63) is 101 Å². The van der Waals surface area contributed by atoms with E-state index >= 15 is 0 Å². The molecule has 3 aromatic carbocycles. The number of ether oxygens (including phenoxy) is 1. The second-order valence-electron chi connectivity index (χ2n) is 10.6. The maximum absolute atomic E-state index is 13.8. The van der Waals surface area contributed by atoms with Crippen molar-refractivity contribution in [1.82, 2.24) is 10.2 Å². The first-order valence-corrected chi connectivity index (χ1v) is 13.6. The molecular weight excluding hydrogens is 472 g/mol. The summed E-state index contributed by atoms with van der Waals surface area (Å²) in [5.41, 5.74) is 4.34. The molecule has 38 heavy (non-hydrogen) atoms. The highest BCUT2D eigenvalue weighted by Crippen LogP contribution is 2.20. The van der Waals surface area contributed by atoms with Crippen LogP contribution in [0.1, 0.15) is 62.3 Å². The summed E-state index contributed by atoms with van der Waals surface area (Å²) in [4.78, 5) is 29.1. The summed E-state index contributed by atoms with van der Waals surface area (Å²) in [5, 5.41) is 3.08. The zero-order chi connectivity index (χ0) is 27.5. The molecule has 1 N–H and O–H groups in total. The van der Waals surface area contributed by atoms with Gasteiger partial charge in [-0.1, -0.05) is 94.4 Å². The van der Waals surface area contributed by atoms with Gasteiger partial charge in [-0.15, -0.1) is 0 Å². The fourth-order valence-corrected chi connectivity index (χ4v) is 4.41. The zero-order valence-corrected chi connectivity index (χ0v) is 23.4. The van der Waals surface area contributed by atoms with Crippen LogP contribution in [0.3, 0.4) is 0 Å². The van der Waals surface area contributed by atoms with E-state index in [0.29, 0.717) is 44.2 Å². The van der Waals surface area contributed by atoms with Crippen molar-refractivity contribution >= 4 is 11.8 Å². The molecular formula is C33H42N2O3. The Morgan fingerprint density at radius 3 is 2.16 bits per heavy atom. The first-order chi connectivity index (χ1) is 18.3. The average molecular weight is 515 g/mol. The number of aryl methyl sites for hydroxylation is 1. The monoisotopic (exact) mass is 514 g/mol. The van der Waals surface area contributed by atoms with Crippen molar-refractivity contribution in [2.75, 3.05) is 13.7 Å². The molecule has 5 nitrogen and oxygen atoms in total. The smallest absolute Gasteiger partial charge is 0.243 e. The third-order valence-corrected chi connectivity index (χ3v) is 6.72. The number of methoxy groups -OCH3 is 1. The van der Waals surface area contributed by atoms with E-state index in [1.165, 1.54) is 5.56 Å². The lowest BCUT2D eigenvalue weighted by Gasteiger charge is -2.32. The van der Waals surface area contributed by atoms with Crippen molar-refractivity contribution in [3.8, 4) is 5.75 Å². The molecule has 2 amide bonds. The van der Waals surface area contributed by atoms with Gasteiger partial charge in [0.2, 0.25) is 11.8 Å². The lowest BCUT2D eigenvalue weighted by atomic mass is 9.99. The number of hydrogen-bond acceptors (Lipinski definition) is 3. The fourth-order valence-electron chi connectivity index (χ4n) is 4.41. The second-order valence-corrected chi connectivity index (χ2v) is 10.6. The van der Waals surface area contributed by atoms with E-state index in [4.69, 9.17) is 4.74 Å². The van der Waals surface area contributed by atoms with E-state index in [1.807, 2.05) is 54.6 Å². The molecule has 0 saturated carbocycles. The largest absolute Gasteiger partial charge is 0.497 e. The van der Waals surface area contributed by atoms with E-state index < -0.39 is 6.04 Å². The van der Waals surface area contributed by atoms with Crippen LogP contribution >= 0.6 is 0 Å². The van der Waals surface area contributed by atoms with Gasteiger partial charge in [0.25, 0.3) is 0 Å². The minimum absolute atomic E-state index is 0.0404. The highest BCUT2D eigenvalue weighted by atomic mass is 16.5. The SMILES string of the molecule is COc1cccc(CN(C(=O)CCc2ccc(C(C)C)cc2)[C@H](Cc2ccccc2)C(=O)NCC(C)C)c1. The Balaban J connectivity index is 1.89. The highest BCUT2D eigenvalue weighted by Gasteiger charge is 2.30. The average Bonchev–Trinajstić information content (AvgIpc) is 2.93. The first kappa shape index (κ1) is 29.0. The van der Waals surface area contributed by atoms with Crippen molar-refractivity contribution in [2.24, 2.45) is 5.92 Å². The molecule has 202 valence electrons. The molecule has 0 bridgehead atoms. The fraction of sp³-hybridized carbons (Fsp3) is 0.394. The lowest BCUT2D eigenvalue weighted by Crippen LogP contribution is -2.51. The van der Waals surface area contributed by atoms with Gasteiger partial charge in [0.1, 0.15) is 11.8 Å². The summed E-state index contributed by atoms with van der Waals surface area (Å²) in [6.07, 6.45) is 1.40. The molecule has 0 aliphatic heterocycles. The molecule has 3 aromatic rings. The second kappa shape index (κ2) is 14.4. The van der Waals surface area contributed by atoms with Crippen LogP contribution in [0.2, 0.25) is 0 Å². The van der Waals surface area contributed by atoms with Gasteiger partial charge in [-0.2, -0.15) is 0 Å². The number of nitrogens with one attached hydrogen (secondary N) is 1. The number of nitrogens with zero attached hydrogens (tertiary/aromatic N) is 1. The lowest BCUT2D eigenvalue weighted by molar-refractivity contribution is -0.141. The van der Waals surface area contributed by atoms with Gasteiger partial charge in [0.15, 0.2) is 0 Å². The summed E-state index contributed by atoms with van der Waals surface area (Å²) in [6, 6.07) is 25.4. The van der Waals surface area contributed by atoms with Crippen LogP contribution in [0.4, 0.5) is 0 Å². The molecule has 0 aliphatic rings. The Morgan fingerprint density at radius 1 is 0.842 bits per heavy atom. The van der Waals surface area contributed by atoms with Crippen molar-refractivity contribution in [2.45, 2.75) is 65.5 Å². The molecule has 0 heterocycles. The van der Waals surface area contributed by atoms with Crippen molar-refractivity contribution in [1.29, 1.82) is 0 Å². The maximum Gasteiger partial charge on any atom is 0.243 e. The summed E-state index contributed by atoms with van der Waals surface area (Å²) in [5.74, 6) is 1.34. The van der Waals surface area contributed by atoms with Crippen LogP contribution < -0.4 is 10.1 Å². The van der Waals surface area contributed by atoms with E-state index in [9.17, 15) is 9.59 Å². The van der Waals surface area contributed by atoms with Crippen LogP contribution in [0.5, 0.6) is 5.75 Å². The third-order valence-electron chi connectivity index (χ3n) is 6.72. The van der Waals surface area contributed by atoms with E-state index in [-0.39, 0.29) is 11.8 Å². The number of hydrogen-bond donors (Lipinski definition) is 1. The molecule has 0 fully saturated rings. The summed E-state index contributed by atoms with van der Waals surface area (Å²) in [7, 11) is 1.63. The Labute approximate surface area is 228 Å². The minimum atomic E-state index is -0.627. The third kappa shape index (κ3) is 8.76. The standard InChI is InChI=1S/C33H42N2O3/c1-24(2)22-34-33(37)31(21-27-10-7-6-8-11-27)35(23-28-12-9-13-30(20-28)38-5)32(36)19-16-26-14-17-29(18-15-26)25(3)4/h6-15,17-18,20,24-25,31H,16,19,21-23H2,1-5H3,(H,34,37)/t31-/m1/s1. The normalized spacial score (nSPS) is 11.9. The Kier molecular flexibility index (Phi) is 11.0. The number of carbonyl (C=O) groups excluding carboxylic acids is 2. The predicted molar refractivity (Wildman–Crippen MR) is 154 cm³/mol. The van der Waals surface area contributed by atoms with Gasteiger partial charge in [-0.05, 0) is 52.6 Å². The van der Waals surface area contributed by atoms with Gasteiger partial charge >= 0.3 is 0 Å². The molecule has 0 saturated heterocycles. The molecule has 5 heteroatoms. The summed E-state index contributed by atoms with van der Waals surface area (Å²) in [6.45, 7) is 9.37. The minimum Gasteiger partial charge on any atom is -0.497 e. The molecule has 0 aliphatic carbocycles. The van der Waals surface area contributed by atoms with Crippen LogP contribution in [0, 0.1) is 5.92 Å². The van der Waals surface area contributed by atoms with Crippen LogP contribution in [0.25, 0.3) is 0 Å². The quantitative estimate of drug-likeness (QED) is 0.297. The Hall–Kier alpha value is -3.60. The molecule has 0 aromatic heterocycles. The van der Waals surface area contributed by atoms with Crippen LogP contribution in [-0.2, 0) is 29.0 Å². The zero-order valence-electron chi connectivity index (χ0n) is 23.4. The van der Waals surface area contributed by atoms with Crippen molar-refractivity contribution < 1.29 is 14.3 Å². The molecule has 3 rings (SSSR count). The molecule has 1 atom stereocenters. The van der Waals surface area contributed by atoms with Crippen molar-refractivity contribution in [3.63, 3.8) is 0 Å². The topological polar surface area (TPSA) is 58.6 Å². The number of rotatable bonds is 13. The Bertz CT molecular complexity index is 1160. The summed E-state index contributed by atoms with van der Waals surface area (Å²) >= 11 is 0. The van der Waals surface area contributed by atoms with E-state index in [1.54, 1.807) is 12.0 Å². The predicted octanol–water partition coefficient (Wildman–Crippen LogP) is 6.16. The maximum atomic E-state index is 13.8. The highest BCUT2D eigenvalue weighted by molar-refractivity contribution is 5.88. The first-order valence-electron chi connectivity index (χ1n) is 13.6. The van der Waals surface area contributed by atoms with E-state index in [0.717, 1.165) is 22.4 Å². The van der Waals surface area contributed by atoms with Crippen LogP contribution in [-0.4, -0.2) is 36.4 Å². The van der Waals surface area contributed by atoms with Gasteiger partial charge in [0, 0.05) is 25.9 Å². The van der Waals surface area contributed by atoms with Gasteiger partial charge in [-0.25, -0.2) is 0 Å². The Morgan fingerprint density at radius 2 is 1.53 bits per heavy atom.